The van der Waals surface area contributed by atoms with Gasteiger partial charge in [-0.15, -0.1) is 0 Å². The van der Waals surface area contributed by atoms with Crippen LogP contribution in [0.5, 0.6) is 17.2 Å². The van der Waals surface area contributed by atoms with Crippen molar-refractivity contribution in [3.05, 3.63) is 48.2 Å². The van der Waals surface area contributed by atoms with Gasteiger partial charge in [0.1, 0.15) is 5.76 Å². The SMILES string of the molecule is COc1cc(C=O)c(-c2ccc(-c3ccco3)cc2N)c(OC)c1OC. The van der Waals surface area contributed by atoms with Gasteiger partial charge in [-0.3, -0.25) is 4.79 Å². The quantitative estimate of drug-likeness (QED) is 0.532. The maximum Gasteiger partial charge on any atom is 0.203 e. The molecule has 0 amide bonds. The van der Waals surface area contributed by atoms with Gasteiger partial charge in [0.25, 0.3) is 0 Å². The van der Waals surface area contributed by atoms with E-state index in [-0.39, 0.29) is 0 Å². The van der Waals surface area contributed by atoms with E-state index in [1.165, 1.54) is 21.3 Å². The number of anilines is 1. The molecule has 0 aliphatic heterocycles. The Morgan fingerprint density at radius 3 is 2.31 bits per heavy atom. The number of nitrogen functional groups attached to an aromatic ring is 1. The Bertz CT molecular complexity index is 932. The monoisotopic (exact) mass is 353 g/mol. The Balaban J connectivity index is 2.24. The van der Waals surface area contributed by atoms with Crippen molar-refractivity contribution in [1.82, 2.24) is 0 Å². The first-order chi connectivity index (χ1) is 12.6. The van der Waals surface area contributed by atoms with Crippen molar-refractivity contribution < 1.29 is 23.4 Å². The zero-order valence-corrected chi connectivity index (χ0v) is 14.7. The number of carbonyl (C=O) groups is 1. The molecule has 0 atom stereocenters. The molecule has 0 radical (unpaired) electrons. The number of nitrogens with two attached hydrogens (primary N) is 1. The lowest BCUT2D eigenvalue weighted by Gasteiger charge is -2.19. The van der Waals surface area contributed by atoms with Gasteiger partial charge in [-0.2, -0.15) is 0 Å². The van der Waals surface area contributed by atoms with Crippen molar-refractivity contribution >= 4 is 12.0 Å². The zero-order valence-electron chi connectivity index (χ0n) is 14.7. The highest BCUT2D eigenvalue weighted by Gasteiger charge is 2.23. The molecule has 2 N–H and O–H groups in total. The minimum atomic E-state index is 0.381. The summed E-state index contributed by atoms with van der Waals surface area (Å²) in [5, 5.41) is 0. The molecule has 0 unspecified atom stereocenters. The van der Waals surface area contributed by atoms with Crippen molar-refractivity contribution in [2.45, 2.75) is 0 Å². The summed E-state index contributed by atoms with van der Waals surface area (Å²) in [6, 6.07) is 10.7. The predicted molar refractivity (Wildman–Crippen MR) is 99.0 cm³/mol. The van der Waals surface area contributed by atoms with Crippen LogP contribution in [0.2, 0.25) is 0 Å². The molecule has 0 aliphatic rings. The number of methoxy groups -OCH3 is 3. The van der Waals surface area contributed by atoms with Crippen LogP contribution in [0.1, 0.15) is 10.4 Å². The summed E-state index contributed by atoms with van der Waals surface area (Å²) in [6.45, 7) is 0. The molecule has 0 fully saturated rings. The molecule has 134 valence electrons. The maximum atomic E-state index is 11.7. The molecule has 1 aromatic heterocycles. The molecule has 0 bridgehead atoms. The summed E-state index contributed by atoms with van der Waals surface area (Å²) in [7, 11) is 4.51. The average molecular weight is 353 g/mol. The molecule has 1 heterocycles. The van der Waals surface area contributed by atoms with Crippen LogP contribution in [0, 0.1) is 0 Å². The molecule has 6 nitrogen and oxygen atoms in total. The highest BCUT2D eigenvalue weighted by atomic mass is 16.5. The summed E-state index contributed by atoms with van der Waals surface area (Å²) < 4.78 is 21.7. The lowest BCUT2D eigenvalue weighted by atomic mass is 9.95. The van der Waals surface area contributed by atoms with E-state index in [9.17, 15) is 4.79 Å². The van der Waals surface area contributed by atoms with E-state index < -0.39 is 0 Å². The van der Waals surface area contributed by atoms with Gasteiger partial charge in [0.15, 0.2) is 17.8 Å². The lowest BCUT2D eigenvalue weighted by Crippen LogP contribution is -2.02. The summed E-state index contributed by atoms with van der Waals surface area (Å²) in [5.41, 5.74) is 9.18. The number of furan rings is 1. The first kappa shape index (κ1) is 17.4. The third kappa shape index (κ3) is 2.86. The number of hydrogen-bond acceptors (Lipinski definition) is 6. The molecule has 6 heteroatoms. The Labute approximate surface area is 151 Å². The zero-order chi connectivity index (χ0) is 18.7. The fraction of sp³-hybridized carbons (Fsp3) is 0.150. The topological polar surface area (TPSA) is 83.9 Å². The Morgan fingerprint density at radius 1 is 1.00 bits per heavy atom. The Kier molecular flexibility index (Phi) is 4.84. The van der Waals surface area contributed by atoms with E-state index in [1.54, 1.807) is 24.5 Å². The van der Waals surface area contributed by atoms with Crippen LogP contribution < -0.4 is 19.9 Å². The Hall–Kier alpha value is -3.41. The number of carbonyl (C=O) groups excluding carboxylic acids is 1. The largest absolute Gasteiger partial charge is 0.493 e. The molecule has 3 rings (SSSR count). The third-order valence-corrected chi connectivity index (χ3v) is 4.11. The molecule has 0 aliphatic carbocycles. The van der Waals surface area contributed by atoms with E-state index in [0.717, 1.165) is 11.8 Å². The van der Waals surface area contributed by atoms with E-state index in [0.29, 0.717) is 45.4 Å². The van der Waals surface area contributed by atoms with Crippen molar-refractivity contribution in [2.75, 3.05) is 27.1 Å². The maximum absolute atomic E-state index is 11.7. The second-order valence-corrected chi connectivity index (χ2v) is 5.51. The standard InChI is InChI=1S/C20H19NO5/c1-23-17-10-13(11-22)18(20(25-3)19(17)24-2)14-7-6-12(9-15(14)21)16-5-4-8-26-16/h4-11H,21H2,1-3H3. The number of hydrogen-bond donors (Lipinski definition) is 1. The molecule has 3 aromatic rings. The van der Waals surface area contributed by atoms with Crippen LogP contribution in [0.15, 0.2) is 47.1 Å². The number of aldehydes is 1. The second-order valence-electron chi connectivity index (χ2n) is 5.51. The third-order valence-electron chi connectivity index (χ3n) is 4.11. The van der Waals surface area contributed by atoms with Crippen LogP contribution >= 0.6 is 0 Å². The van der Waals surface area contributed by atoms with E-state index in [2.05, 4.69) is 0 Å². The van der Waals surface area contributed by atoms with Crippen molar-refractivity contribution in [1.29, 1.82) is 0 Å². The molecule has 0 saturated carbocycles. The minimum absolute atomic E-state index is 0.381. The Morgan fingerprint density at radius 2 is 1.77 bits per heavy atom. The summed E-state index contributed by atoms with van der Waals surface area (Å²) in [5.74, 6) is 1.88. The molecule has 0 spiro atoms. The van der Waals surface area contributed by atoms with Crippen molar-refractivity contribution in [2.24, 2.45) is 0 Å². The molecule has 0 saturated heterocycles. The number of benzene rings is 2. The van der Waals surface area contributed by atoms with Gasteiger partial charge in [-0.25, -0.2) is 0 Å². The smallest absolute Gasteiger partial charge is 0.203 e. The predicted octanol–water partition coefficient (Wildman–Crippen LogP) is 4.03. The fourth-order valence-electron chi connectivity index (χ4n) is 2.93. The van der Waals surface area contributed by atoms with E-state index in [1.807, 2.05) is 18.2 Å². The van der Waals surface area contributed by atoms with E-state index in [4.69, 9.17) is 24.4 Å². The average Bonchev–Trinajstić information content (AvgIpc) is 3.21. The van der Waals surface area contributed by atoms with Crippen molar-refractivity contribution in [3.8, 4) is 39.7 Å². The highest BCUT2D eigenvalue weighted by Crippen LogP contribution is 2.48. The van der Waals surface area contributed by atoms with Crippen LogP contribution in [-0.2, 0) is 0 Å². The minimum Gasteiger partial charge on any atom is -0.493 e. The van der Waals surface area contributed by atoms with Crippen LogP contribution in [0.3, 0.4) is 0 Å². The van der Waals surface area contributed by atoms with Crippen molar-refractivity contribution in [3.63, 3.8) is 0 Å². The lowest BCUT2D eigenvalue weighted by molar-refractivity contribution is 0.112. The molecule has 26 heavy (non-hydrogen) atoms. The van der Waals surface area contributed by atoms with Crippen LogP contribution in [0.4, 0.5) is 5.69 Å². The van der Waals surface area contributed by atoms with Gasteiger partial charge in [-0.1, -0.05) is 12.1 Å². The van der Waals surface area contributed by atoms with Gasteiger partial charge in [-0.05, 0) is 24.3 Å². The van der Waals surface area contributed by atoms with Gasteiger partial charge < -0.3 is 24.4 Å². The number of ether oxygens (including phenoxy) is 3. The van der Waals surface area contributed by atoms with Gasteiger partial charge in [0.2, 0.25) is 5.75 Å². The molecular formula is C20H19NO5. The summed E-state index contributed by atoms with van der Waals surface area (Å²) >= 11 is 0. The van der Waals surface area contributed by atoms with Crippen LogP contribution in [-0.4, -0.2) is 27.6 Å². The van der Waals surface area contributed by atoms with E-state index >= 15 is 0 Å². The number of rotatable bonds is 6. The normalized spacial score (nSPS) is 10.4. The van der Waals surface area contributed by atoms with Gasteiger partial charge in [0.05, 0.1) is 27.6 Å². The highest BCUT2D eigenvalue weighted by molar-refractivity contribution is 5.97. The second kappa shape index (κ2) is 7.23. The van der Waals surface area contributed by atoms with Gasteiger partial charge >= 0.3 is 0 Å². The van der Waals surface area contributed by atoms with Crippen LogP contribution in [0.25, 0.3) is 22.5 Å². The van der Waals surface area contributed by atoms with Gasteiger partial charge in [0, 0.05) is 27.9 Å². The molecule has 2 aromatic carbocycles. The fourth-order valence-corrected chi connectivity index (χ4v) is 2.93. The summed E-state index contributed by atoms with van der Waals surface area (Å²) in [6.07, 6.45) is 2.33. The molecular weight excluding hydrogens is 334 g/mol. The first-order valence-electron chi connectivity index (χ1n) is 7.86. The summed E-state index contributed by atoms with van der Waals surface area (Å²) in [4.78, 5) is 11.7. The first-order valence-corrected chi connectivity index (χ1v) is 7.86.